The molecule has 0 aliphatic heterocycles. The van der Waals surface area contributed by atoms with Gasteiger partial charge in [0.2, 0.25) is 0 Å². The number of unbranched alkanes of at least 4 members (excludes halogenated alkanes) is 2. The Morgan fingerprint density at radius 2 is 2.19 bits per heavy atom. The summed E-state index contributed by atoms with van der Waals surface area (Å²) in [6.07, 6.45) is 4.09. The minimum atomic E-state index is -2.47. The highest BCUT2D eigenvalue weighted by atomic mass is 35.5. The molecule has 0 spiro atoms. The van der Waals surface area contributed by atoms with Crippen LogP contribution < -0.4 is 5.48 Å². The Bertz CT molecular complexity index is 885. The van der Waals surface area contributed by atoms with Crippen LogP contribution in [0.1, 0.15) is 30.7 Å². The third-order valence-electron chi connectivity index (χ3n) is 3.48. The summed E-state index contributed by atoms with van der Waals surface area (Å²) >= 11 is 5.72. The molecule has 1 atom stereocenters. The number of hydrogen-bond donors (Lipinski definition) is 3. The third-order valence-corrected chi connectivity index (χ3v) is 4.84. The van der Waals surface area contributed by atoms with Crippen LogP contribution in [0.25, 0.3) is 0 Å². The molecule has 0 fully saturated rings. The molecule has 1 aromatic carbocycles. The molecular weight excluding hydrogens is 385 g/mol. The molecule has 0 aliphatic rings. The van der Waals surface area contributed by atoms with Crippen LogP contribution in [0.2, 0.25) is 5.02 Å². The van der Waals surface area contributed by atoms with Crippen LogP contribution in [-0.4, -0.2) is 37.6 Å². The molecule has 0 saturated heterocycles. The summed E-state index contributed by atoms with van der Waals surface area (Å²) < 4.78 is 36.6. The highest BCUT2D eigenvalue weighted by Crippen LogP contribution is 2.22. The van der Waals surface area contributed by atoms with Crippen molar-refractivity contribution < 1.29 is 18.4 Å². The van der Waals surface area contributed by atoms with Crippen molar-refractivity contribution in [3.05, 3.63) is 40.4 Å². The molecule has 0 radical (unpaired) electrons. The SMILES string of the molecule is CS(=N)(=O)CCCCCc1nonc1C(=Nc1ccc(F)c(Cl)c1)NO. The van der Waals surface area contributed by atoms with E-state index in [4.69, 9.17) is 21.0 Å². The second-order valence-corrected chi connectivity index (χ2v) is 8.58. The Morgan fingerprint density at radius 1 is 1.42 bits per heavy atom. The predicted molar refractivity (Wildman–Crippen MR) is 96.0 cm³/mol. The van der Waals surface area contributed by atoms with Crippen molar-refractivity contribution >= 4 is 32.9 Å². The van der Waals surface area contributed by atoms with E-state index in [2.05, 4.69) is 15.3 Å². The van der Waals surface area contributed by atoms with Crippen molar-refractivity contribution in [2.75, 3.05) is 12.0 Å². The van der Waals surface area contributed by atoms with E-state index in [1.165, 1.54) is 18.4 Å². The lowest BCUT2D eigenvalue weighted by Gasteiger charge is -2.04. The molecule has 0 bridgehead atoms. The summed E-state index contributed by atoms with van der Waals surface area (Å²) in [5.41, 5.74) is 2.97. The highest BCUT2D eigenvalue weighted by Gasteiger charge is 2.16. The first kappa shape index (κ1) is 20.3. The third kappa shape index (κ3) is 6.04. The minimum Gasteiger partial charge on any atom is -0.290 e. The number of aromatic nitrogens is 2. The smallest absolute Gasteiger partial charge is 0.181 e. The summed E-state index contributed by atoms with van der Waals surface area (Å²) in [6, 6.07) is 3.87. The molecule has 2 aromatic rings. The Labute approximate surface area is 155 Å². The molecule has 0 saturated carbocycles. The minimum absolute atomic E-state index is 0.00772. The Balaban J connectivity index is 2.06. The summed E-state index contributed by atoms with van der Waals surface area (Å²) in [5.74, 6) is -0.226. The normalized spacial score (nSPS) is 14.2. The van der Waals surface area contributed by atoms with Gasteiger partial charge in [-0.05, 0) is 42.6 Å². The van der Waals surface area contributed by atoms with Gasteiger partial charge in [-0.15, -0.1) is 0 Å². The molecule has 3 N–H and O–H groups in total. The van der Waals surface area contributed by atoms with Crippen LogP contribution in [0, 0.1) is 10.6 Å². The van der Waals surface area contributed by atoms with E-state index in [1.54, 1.807) is 0 Å². The van der Waals surface area contributed by atoms with Gasteiger partial charge in [-0.3, -0.25) is 19.7 Å². The standard InChI is InChI=1S/C15H19ClFN5O3S/c1-26(18,24)8-4-2-3-5-13-14(22-25-21-13)15(20-23)19-10-6-7-12(17)11(16)9-10/h6-7,9,18,23H,2-5,8H2,1H3,(H,19,20). The first-order valence-electron chi connectivity index (χ1n) is 7.77. The summed E-state index contributed by atoms with van der Waals surface area (Å²) in [6.45, 7) is 0. The van der Waals surface area contributed by atoms with Gasteiger partial charge in [0.1, 0.15) is 11.5 Å². The van der Waals surface area contributed by atoms with E-state index in [0.717, 1.165) is 18.9 Å². The van der Waals surface area contributed by atoms with Gasteiger partial charge in [0, 0.05) is 21.7 Å². The summed E-state index contributed by atoms with van der Waals surface area (Å²) in [7, 11) is -2.47. The molecule has 142 valence electrons. The van der Waals surface area contributed by atoms with Gasteiger partial charge in [0.15, 0.2) is 11.5 Å². The predicted octanol–water partition coefficient (Wildman–Crippen LogP) is 3.31. The van der Waals surface area contributed by atoms with Gasteiger partial charge in [-0.1, -0.05) is 23.2 Å². The van der Waals surface area contributed by atoms with Gasteiger partial charge in [0.05, 0.1) is 10.7 Å². The van der Waals surface area contributed by atoms with Crippen LogP contribution in [-0.2, 0) is 16.1 Å². The van der Waals surface area contributed by atoms with Crippen molar-refractivity contribution in [1.82, 2.24) is 15.8 Å². The average molecular weight is 404 g/mol. The first-order valence-corrected chi connectivity index (χ1v) is 10.3. The zero-order chi connectivity index (χ0) is 19.2. The Morgan fingerprint density at radius 3 is 2.85 bits per heavy atom. The zero-order valence-electron chi connectivity index (χ0n) is 14.0. The maximum atomic E-state index is 13.2. The lowest BCUT2D eigenvalue weighted by atomic mass is 10.1. The van der Waals surface area contributed by atoms with Crippen LogP contribution in [0.4, 0.5) is 10.1 Å². The number of amidine groups is 1. The second kappa shape index (κ2) is 9.06. The number of halogens is 2. The van der Waals surface area contributed by atoms with E-state index in [-0.39, 0.29) is 16.6 Å². The monoisotopic (exact) mass is 403 g/mol. The quantitative estimate of drug-likeness (QED) is 0.269. The number of aryl methyl sites for hydroxylation is 1. The molecule has 26 heavy (non-hydrogen) atoms. The molecule has 1 unspecified atom stereocenters. The fourth-order valence-corrected chi connectivity index (χ4v) is 3.14. The van der Waals surface area contributed by atoms with Gasteiger partial charge in [-0.25, -0.2) is 14.0 Å². The molecule has 1 aromatic heterocycles. The Hall–Kier alpha value is -2.04. The number of rotatable bonds is 8. The van der Waals surface area contributed by atoms with Crippen LogP contribution in [0.3, 0.4) is 0 Å². The van der Waals surface area contributed by atoms with Crippen molar-refractivity contribution in [3.63, 3.8) is 0 Å². The van der Waals surface area contributed by atoms with E-state index >= 15 is 0 Å². The molecule has 0 aliphatic carbocycles. The van der Waals surface area contributed by atoms with Crippen LogP contribution >= 0.6 is 11.6 Å². The molecular formula is C15H19ClFN5O3S. The van der Waals surface area contributed by atoms with Gasteiger partial charge < -0.3 is 0 Å². The molecule has 2 rings (SSSR count). The fourth-order valence-electron chi connectivity index (χ4n) is 2.21. The average Bonchev–Trinajstić information content (AvgIpc) is 3.03. The number of nitrogens with one attached hydrogen (secondary N) is 2. The Kier molecular flexibility index (Phi) is 7.06. The maximum absolute atomic E-state index is 13.2. The number of benzene rings is 1. The van der Waals surface area contributed by atoms with Gasteiger partial charge in [-0.2, -0.15) is 0 Å². The zero-order valence-corrected chi connectivity index (χ0v) is 15.6. The van der Waals surface area contributed by atoms with E-state index in [1.807, 2.05) is 5.48 Å². The number of hydrogen-bond acceptors (Lipinski definition) is 7. The number of nitrogens with zero attached hydrogens (tertiary/aromatic N) is 3. The van der Waals surface area contributed by atoms with Gasteiger partial charge >= 0.3 is 0 Å². The number of aliphatic imine (C=N–C) groups is 1. The molecule has 0 amide bonds. The van der Waals surface area contributed by atoms with Crippen molar-refractivity contribution in [2.45, 2.75) is 25.7 Å². The topological polar surface area (TPSA) is 124 Å². The second-order valence-electron chi connectivity index (χ2n) is 5.75. The molecule has 8 nitrogen and oxygen atoms in total. The highest BCUT2D eigenvalue weighted by molar-refractivity contribution is 7.91. The van der Waals surface area contributed by atoms with Gasteiger partial charge in [0.25, 0.3) is 0 Å². The van der Waals surface area contributed by atoms with Crippen LogP contribution in [0.15, 0.2) is 27.8 Å². The van der Waals surface area contributed by atoms with Crippen LogP contribution in [0.5, 0.6) is 0 Å². The number of hydroxylamine groups is 1. The fraction of sp³-hybridized carbons (Fsp3) is 0.400. The van der Waals surface area contributed by atoms with E-state index < -0.39 is 15.5 Å². The van der Waals surface area contributed by atoms with Crippen molar-refractivity contribution in [2.24, 2.45) is 4.99 Å². The maximum Gasteiger partial charge on any atom is 0.181 e. The lowest BCUT2D eigenvalue weighted by molar-refractivity contribution is 0.234. The first-order chi connectivity index (χ1) is 12.3. The van der Waals surface area contributed by atoms with Crippen molar-refractivity contribution in [1.29, 1.82) is 4.78 Å². The van der Waals surface area contributed by atoms with E-state index in [0.29, 0.717) is 30.0 Å². The lowest BCUT2D eigenvalue weighted by Crippen LogP contribution is -2.22. The van der Waals surface area contributed by atoms with Crippen molar-refractivity contribution in [3.8, 4) is 0 Å². The largest absolute Gasteiger partial charge is 0.290 e. The summed E-state index contributed by atoms with van der Waals surface area (Å²) in [5, 5.41) is 16.8. The summed E-state index contributed by atoms with van der Waals surface area (Å²) in [4.78, 5) is 4.14. The molecule has 1 heterocycles. The van der Waals surface area contributed by atoms with E-state index in [9.17, 15) is 13.8 Å². The molecule has 11 heteroatoms.